The molecule has 0 amide bonds. The van der Waals surface area contributed by atoms with E-state index in [0.29, 0.717) is 18.4 Å². The van der Waals surface area contributed by atoms with Crippen molar-refractivity contribution in [3.63, 3.8) is 0 Å². The average Bonchev–Trinajstić information content (AvgIpc) is 2.42. The number of nitrogens with zero attached hydrogens (tertiary/aromatic N) is 1. The third-order valence-corrected chi connectivity index (χ3v) is 2.91. The zero-order valence-corrected chi connectivity index (χ0v) is 10.9. The highest BCUT2D eigenvalue weighted by Crippen LogP contribution is 2.24. The predicted octanol–water partition coefficient (Wildman–Crippen LogP) is 3.03. The van der Waals surface area contributed by atoms with E-state index in [1.165, 1.54) is 18.2 Å². The predicted molar refractivity (Wildman–Crippen MR) is 70.9 cm³/mol. The summed E-state index contributed by atoms with van der Waals surface area (Å²) in [6, 6.07) is 5.52. The second-order valence-corrected chi connectivity index (χ2v) is 4.39. The zero-order chi connectivity index (χ0) is 14.7. The van der Waals surface area contributed by atoms with E-state index in [1.807, 2.05) is 6.92 Å². The molecule has 6 heteroatoms. The molecule has 0 fully saturated rings. The summed E-state index contributed by atoms with van der Waals surface area (Å²) in [5.41, 5.74) is -0.0708. The number of hydrogen-bond acceptors (Lipinski definition) is 3. The van der Waals surface area contributed by atoms with Crippen LogP contribution in [0.2, 0.25) is 0 Å². The fourth-order valence-electron chi connectivity index (χ4n) is 1.92. The zero-order valence-electron chi connectivity index (χ0n) is 10.9. The molecule has 1 aromatic carbocycles. The first-order valence-electron chi connectivity index (χ1n) is 6.23. The standard InChI is InChI=1S/C14H14F2N2O2/c1-2-4-10-13(19)17-12(18-14(10)20)9-6-3-5-8(7-9)11(15)16/h3,5-7,11H,2,4H2,1H3,(H2,17,18,19,20). The van der Waals surface area contributed by atoms with Gasteiger partial charge in [0, 0.05) is 11.1 Å². The molecule has 0 radical (unpaired) electrons. The minimum Gasteiger partial charge on any atom is -0.493 e. The van der Waals surface area contributed by atoms with Crippen LogP contribution in [0.15, 0.2) is 29.1 Å². The van der Waals surface area contributed by atoms with Gasteiger partial charge < -0.3 is 10.1 Å². The summed E-state index contributed by atoms with van der Waals surface area (Å²) >= 11 is 0. The lowest BCUT2D eigenvalue weighted by atomic mass is 10.1. The first-order chi connectivity index (χ1) is 9.52. The van der Waals surface area contributed by atoms with Crippen LogP contribution in [0.25, 0.3) is 11.4 Å². The Labute approximate surface area is 114 Å². The quantitative estimate of drug-likeness (QED) is 0.904. The number of halogens is 2. The van der Waals surface area contributed by atoms with E-state index in [9.17, 15) is 18.7 Å². The number of rotatable bonds is 4. The van der Waals surface area contributed by atoms with E-state index in [-0.39, 0.29) is 22.8 Å². The maximum absolute atomic E-state index is 12.6. The number of nitrogens with one attached hydrogen (secondary N) is 1. The Kier molecular flexibility index (Phi) is 4.12. The Morgan fingerprint density at radius 1 is 1.40 bits per heavy atom. The van der Waals surface area contributed by atoms with Gasteiger partial charge in [0.25, 0.3) is 12.0 Å². The summed E-state index contributed by atoms with van der Waals surface area (Å²) in [5, 5.41) is 9.76. The SMILES string of the molecule is CCCc1c(O)nc(-c2cccc(C(F)F)c2)[nH]c1=O. The van der Waals surface area contributed by atoms with Gasteiger partial charge >= 0.3 is 0 Å². The van der Waals surface area contributed by atoms with E-state index < -0.39 is 12.0 Å². The lowest BCUT2D eigenvalue weighted by molar-refractivity contribution is 0.151. The fourth-order valence-corrected chi connectivity index (χ4v) is 1.92. The third kappa shape index (κ3) is 2.84. The fraction of sp³-hybridized carbons (Fsp3) is 0.286. The molecule has 2 N–H and O–H groups in total. The summed E-state index contributed by atoms with van der Waals surface area (Å²) in [4.78, 5) is 18.2. The van der Waals surface area contributed by atoms with Crippen molar-refractivity contribution in [3.8, 4) is 17.3 Å². The maximum atomic E-state index is 12.6. The van der Waals surface area contributed by atoms with Crippen molar-refractivity contribution in [2.45, 2.75) is 26.2 Å². The monoisotopic (exact) mass is 280 g/mol. The van der Waals surface area contributed by atoms with Crippen LogP contribution in [-0.2, 0) is 6.42 Å². The van der Waals surface area contributed by atoms with Gasteiger partial charge in [0.05, 0.1) is 5.56 Å². The van der Waals surface area contributed by atoms with Gasteiger partial charge in [0.1, 0.15) is 5.82 Å². The molecule has 1 heterocycles. The van der Waals surface area contributed by atoms with Crippen LogP contribution in [0.3, 0.4) is 0 Å². The van der Waals surface area contributed by atoms with Crippen LogP contribution in [0.5, 0.6) is 5.88 Å². The molecule has 0 atom stereocenters. The van der Waals surface area contributed by atoms with Crippen LogP contribution >= 0.6 is 0 Å². The molecule has 0 aliphatic heterocycles. The molecule has 0 aliphatic carbocycles. The molecule has 2 rings (SSSR count). The van der Waals surface area contributed by atoms with Crippen LogP contribution in [0, 0.1) is 0 Å². The molecule has 20 heavy (non-hydrogen) atoms. The molecule has 0 bridgehead atoms. The van der Waals surface area contributed by atoms with Crippen molar-refractivity contribution < 1.29 is 13.9 Å². The molecular formula is C14H14F2N2O2. The molecule has 106 valence electrons. The van der Waals surface area contributed by atoms with Crippen molar-refractivity contribution in [1.29, 1.82) is 0 Å². The van der Waals surface area contributed by atoms with Gasteiger partial charge in [-0.05, 0) is 12.5 Å². The number of H-pyrrole nitrogens is 1. The minimum atomic E-state index is -2.60. The molecule has 2 aromatic rings. The smallest absolute Gasteiger partial charge is 0.263 e. The normalized spacial score (nSPS) is 11.0. The number of aromatic nitrogens is 2. The summed E-state index contributed by atoms with van der Waals surface area (Å²) in [5.74, 6) is -0.275. The summed E-state index contributed by atoms with van der Waals surface area (Å²) in [7, 11) is 0. The van der Waals surface area contributed by atoms with Gasteiger partial charge in [-0.1, -0.05) is 31.5 Å². The second-order valence-electron chi connectivity index (χ2n) is 4.39. The topological polar surface area (TPSA) is 66.0 Å². The molecule has 4 nitrogen and oxygen atoms in total. The van der Waals surface area contributed by atoms with Crippen LogP contribution in [0.1, 0.15) is 30.9 Å². The van der Waals surface area contributed by atoms with E-state index in [1.54, 1.807) is 6.07 Å². The van der Waals surface area contributed by atoms with Crippen molar-refractivity contribution >= 4 is 0 Å². The molecule has 0 saturated heterocycles. The van der Waals surface area contributed by atoms with Crippen molar-refractivity contribution in [1.82, 2.24) is 9.97 Å². The largest absolute Gasteiger partial charge is 0.493 e. The van der Waals surface area contributed by atoms with Gasteiger partial charge in [0.2, 0.25) is 5.88 Å². The van der Waals surface area contributed by atoms with Crippen molar-refractivity contribution in [3.05, 3.63) is 45.7 Å². The first kappa shape index (κ1) is 14.2. The highest BCUT2D eigenvalue weighted by atomic mass is 19.3. The molecule has 0 aliphatic rings. The number of aromatic hydroxyl groups is 1. The van der Waals surface area contributed by atoms with Crippen molar-refractivity contribution in [2.75, 3.05) is 0 Å². The van der Waals surface area contributed by atoms with E-state index in [4.69, 9.17) is 0 Å². The van der Waals surface area contributed by atoms with Gasteiger partial charge in [-0.2, -0.15) is 4.98 Å². The Bertz CT molecular complexity index is 668. The number of benzene rings is 1. The molecule has 1 aromatic heterocycles. The van der Waals surface area contributed by atoms with Gasteiger partial charge in [-0.3, -0.25) is 4.79 Å². The van der Waals surface area contributed by atoms with Crippen LogP contribution < -0.4 is 5.56 Å². The minimum absolute atomic E-state index is 0.0786. The number of aromatic amines is 1. The Hall–Kier alpha value is -2.24. The van der Waals surface area contributed by atoms with E-state index in [0.717, 1.165) is 0 Å². The second kappa shape index (κ2) is 5.81. The maximum Gasteiger partial charge on any atom is 0.263 e. The molecule has 0 unspecified atom stereocenters. The Balaban J connectivity index is 2.49. The van der Waals surface area contributed by atoms with Crippen LogP contribution in [-0.4, -0.2) is 15.1 Å². The van der Waals surface area contributed by atoms with E-state index >= 15 is 0 Å². The van der Waals surface area contributed by atoms with Gasteiger partial charge in [0.15, 0.2) is 0 Å². The first-order valence-corrected chi connectivity index (χ1v) is 6.23. The molecular weight excluding hydrogens is 266 g/mol. The van der Waals surface area contributed by atoms with Crippen molar-refractivity contribution in [2.24, 2.45) is 0 Å². The number of alkyl halides is 2. The lowest BCUT2D eigenvalue weighted by Gasteiger charge is -2.07. The molecule has 0 spiro atoms. The highest BCUT2D eigenvalue weighted by molar-refractivity contribution is 5.57. The highest BCUT2D eigenvalue weighted by Gasteiger charge is 2.13. The number of hydrogen-bond donors (Lipinski definition) is 2. The summed E-state index contributed by atoms with van der Waals surface area (Å²) < 4.78 is 25.3. The third-order valence-electron chi connectivity index (χ3n) is 2.91. The Morgan fingerprint density at radius 2 is 2.15 bits per heavy atom. The summed E-state index contributed by atoms with van der Waals surface area (Å²) in [6.07, 6.45) is -1.50. The molecule has 0 saturated carbocycles. The lowest BCUT2D eigenvalue weighted by Crippen LogP contribution is -2.15. The summed E-state index contributed by atoms with van der Waals surface area (Å²) in [6.45, 7) is 1.87. The van der Waals surface area contributed by atoms with Gasteiger partial charge in [-0.15, -0.1) is 0 Å². The van der Waals surface area contributed by atoms with E-state index in [2.05, 4.69) is 9.97 Å². The van der Waals surface area contributed by atoms with Gasteiger partial charge in [-0.25, -0.2) is 8.78 Å². The average molecular weight is 280 g/mol. The van der Waals surface area contributed by atoms with Crippen LogP contribution in [0.4, 0.5) is 8.78 Å². The Morgan fingerprint density at radius 3 is 2.75 bits per heavy atom.